The van der Waals surface area contributed by atoms with Crippen molar-refractivity contribution >= 4 is 34.5 Å². The molecule has 0 radical (unpaired) electrons. The van der Waals surface area contributed by atoms with Crippen LogP contribution in [0.25, 0.3) is 0 Å². The Morgan fingerprint density at radius 2 is 2.06 bits per heavy atom. The molecule has 2 aromatic rings. The molecule has 1 amide bonds. The molecule has 0 saturated carbocycles. The molecule has 0 aliphatic rings. The number of amides is 1. The van der Waals surface area contributed by atoms with Gasteiger partial charge >= 0.3 is 0 Å². The van der Waals surface area contributed by atoms with Crippen molar-refractivity contribution in [1.82, 2.24) is 0 Å². The standard InChI is InChI=1S/C14H14ClNOS/c1-2-11-7-8-13(18-11)14(17)16-12-6-4-3-5-10(12)9-15/h3-8H,2,9H2,1H3,(H,16,17). The monoisotopic (exact) mass is 279 g/mol. The molecule has 94 valence electrons. The Labute approximate surface area is 116 Å². The molecule has 0 unspecified atom stereocenters. The van der Waals surface area contributed by atoms with E-state index in [4.69, 9.17) is 11.6 Å². The van der Waals surface area contributed by atoms with Crippen LogP contribution in [0.1, 0.15) is 27.0 Å². The zero-order valence-corrected chi connectivity index (χ0v) is 11.6. The second-order valence-corrected chi connectivity index (χ2v) is 5.30. The molecule has 0 aliphatic heterocycles. The van der Waals surface area contributed by atoms with Crippen molar-refractivity contribution in [1.29, 1.82) is 0 Å². The summed E-state index contributed by atoms with van der Waals surface area (Å²) in [6, 6.07) is 11.4. The average Bonchev–Trinajstić information content (AvgIpc) is 2.88. The van der Waals surface area contributed by atoms with Crippen LogP contribution in [0.3, 0.4) is 0 Å². The minimum absolute atomic E-state index is 0.0720. The fraction of sp³-hybridized carbons (Fsp3) is 0.214. The van der Waals surface area contributed by atoms with Gasteiger partial charge in [0, 0.05) is 16.4 Å². The molecule has 0 saturated heterocycles. The summed E-state index contributed by atoms with van der Waals surface area (Å²) in [5.74, 6) is 0.318. The first-order chi connectivity index (χ1) is 8.74. The van der Waals surface area contributed by atoms with Crippen molar-refractivity contribution in [2.24, 2.45) is 0 Å². The SMILES string of the molecule is CCc1ccc(C(=O)Nc2ccccc2CCl)s1. The van der Waals surface area contributed by atoms with Crippen molar-refractivity contribution in [3.63, 3.8) is 0 Å². The molecule has 0 atom stereocenters. The number of hydrogen-bond donors (Lipinski definition) is 1. The van der Waals surface area contributed by atoms with Crippen molar-refractivity contribution in [2.45, 2.75) is 19.2 Å². The summed E-state index contributed by atoms with van der Waals surface area (Å²) in [7, 11) is 0. The molecule has 1 N–H and O–H groups in total. The smallest absolute Gasteiger partial charge is 0.265 e. The van der Waals surface area contributed by atoms with Gasteiger partial charge in [-0.05, 0) is 30.2 Å². The van der Waals surface area contributed by atoms with Crippen LogP contribution < -0.4 is 5.32 Å². The second kappa shape index (κ2) is 6.03. The highest BCUT2D eigenvalue weighted by atomic mass is 35.5. The largest absolute Gasteiger partial charge is 0.321 e. The molecule has 18 heavy (non-hydrogen) atoms. The summed E-state index contributed by atoms with van der Waals surface area (Å²) in [4.78, 5) is 14.0. The number of para-hydroxylation sites is 1. The fourth-order valence-corrected chi connectivity index (χ4v) is 2.71. The first-order valence-electron chi connectivity index (χ1n) is 5.78. The molecule has 2 rings (SSSR count). The fourth-order valence-electron chi connectivity index (χ4n) is 1.63. The maximum atomic E-state index is 12.1. The van der Waals surface area contributed by atoms with Crippen LogP contribution in [0.15, 0.2) is 36.4 Å². The Kier molecular flexibility index (Phi) is 4.39. The van der Waals surface area contributed by atoms with Gasteiger partial charge in [0.25, 0.3) is 5.91 Å². The zero-order valence-electron chi connectivity index (χ0n) is 10.1. The Hall–Kier alpha value is -1.32. The predicted octanol–water partition coefficient (Wildman–Crippen LogP) is 4.30. The number of anilines is 1. The molecule has 2 nitrogen and oxygen atoms in total. The Morgan fingerprint density at radius 3 is 2.72 bits per heavy atom. The van der Waals surface area contributed by atoms with Crippen LogP contribution in [-0.2, 0) is 12.3 Å². The number of aryl methyl sites for hydroxylation is 1. The molecular weight excluding hydrogens is 266 g/mol. The quantitative estimate of drug-likeness (QED) is 0.831. The lowest BCUT2D eigenvalue weighted by atomic mass is 10.2. The number of rotatable bonds is 4. The highest BCUT2D eigenvalue weighted by molar-refractivity contribution is 7.14. The van der Waals surface area contributed by atoms with E-state index >= 15 is 0 Å². The first kappa shape index (κ1) is 13.1. The molecule has 0 aliphatic carbocycles. The van der Waals surface area contributed by atoms with Crippen LogP contribution in [0.2, 0.25) is 0 Å². The second-order valence-electron chi connectivity index (χ2n) is 3.86. The lowest BCUT2D eigenvalue weighted by Crippen LogP contribution is -2.11. The molecule has 0 fully saturated rings. The number of halogens is 1. The molecule has 1 heterocycles. The summed E-state index contributed by atoms with van der Waals surface area (Å²) in [6.45, 7) is 2.08. The van der Waals surface area contributed by atoms with E-state index in [1.807, 2.05) is 36.4 Å². The number of carbonyl (C=O) groups excluding carboxylic acids is 1. The van der Waals surface area contributed by atoms with E-state index in [-0.39, 0.29) is 5.91 Å². The van der Waals surface area contributed by atoms with Crippen molar-refractivity contribution in [3.8, 4) is 0 Å². The lowest BCUT2D eigenvalue weighted by molar-refractivity contribution is 0.103. The van der Waals surface area contributed by atoms with Gasteiger partial charge in [0.15, 0.2) is 0 Å². The highest BCUT2D eigenvalue weighted by Gasteiger charge is 2.10. The summed E-state index contributed by atoms with van der Waals surface area (Å²) >= 11 is 7.37. The normalized spacial score (nSPS) is 10.3. The van der Waals surface area contributed by atoms with E-state index < -0.39 is 0 Å². The Morgan fingerprint density at radius 1 is 1.28 bits per heavy atom. The summed E-state index contributed by atoms with van der Waals surface area (Å²) in [5.41, 5.74) is 1.71. The number of benzene rings is 1. The minimum atomic E-state index is -0.0720. The first-order valence-corrected chi connectivity index (χ1v) is 7.13. The van der Waals surface area contributed by atoms with E-state index in [0.29, 0.717) is 5.88 Å². The summed E-state index contributed by atoms with van der Waals surface area (Å²) in [5, 5.41) is 2.90. The summed E-state index contributed by atoms with van der Waals surface area (Å²) in [6.07, 6.45) is 0.955. The van der Waals surface area contributed by atoms with E-state index in [9.17, 15) is 4.79 Å². The van der Waals surface area contributed by atoms with Gasteiger partial charge < -0.3 is 5.32 Å². The third-order valence-corrected chi connectivity index (χ3v) is 4.16. The predicted molar refractivity (Wildman–Crippen MR) is 77.6 cm³/mol. The molecule has 1 aromatic carbocycles. The van der Waals surface area contributed by atoms with Crippen LogP contribution in [0.4, 0.5) is 5.69 Å². The number of carbonyl (C=O) groups is 1. The molecular formula is C14H14ClNOS. The van der Waals surface area contributed by atoms with Crippen LogP contribution >= 0.6 is 22.9 Å². The Balaban J connectivity index is 2.16. The summed E-state index contributed by atoms with van der Waals surface area (Å²) < 4.78 is 0. The highest BCUT2D eigenvalue weighted by Crippen LogP contribution is 2.21. The van der Waals surface area contributed by atoms with Gasteiger partial charge in [-0.2, -0.15) is 0 Å². The van der Waals surface area contributed by atoms with Crippen LogP contribution in [0.5, 0.6) is 0 Å². The number of hydrogen-bond acceptors (Lipinski definition) is 2. The zero-order chi connectivity index (χ0) is 13.0. The van der Waals surface area contributed by atoms with Gasteiger partial charge in [-0.1, -0.05) is 25.1 Å². The van der Waals surface area contributed by atoms with Gasteiger partial charge in [-0.3, -0.25) is 4.79 Å². The van der Waals surface area contributed by atoms with E-state index in [0.717, 1.165) is 22.5 Å². The van der Waals surface area contributed by atoms with Crippen molar-refractivity contribution in [2.75, 3.05) is 5.32 Å². The van der Waals surface area contributed by atoms with Gasteiger partial charge in [-0.25, -0.2) is 0 Å². The third-order valence-electron chi connectivity index (χ3n) is 2.64. The van der Waals surface area contributed by atoms with Crippen LogP contribution in [-0.4, -0.2) is 5.91 Å². The lowest BCUT2D eigenvalue weighted by Gasteiger charge is -2.07. The van der Waals surface area contributed by atoms with Crippen molar-refractivity contribution in [3.05, 3.63) is 51.7 Å². The van der Waals surface area contributed by atoms with Gasteiger partial charge in [0.1, 0.15) is 0 Å². The van der Waals surface area contributed by atoms with Crippen LogP contribution in [0, 0.1) is 0 Å². The van der Waals surface area contributed by atoms with Gasteiger partial charge in [0.05, 0.1) is 4.88 Å². The van der Waals surface area contributed by atoms with E-state index in [2.05, 4.69) is 12.2 Å². The molecule has 4 heteroatoms. The number of nitrogens with one attached hydrogen (secondary N) is 1. The van der Waals surface area contributed by atoms with Crippen molar-refractivity contribution < 1.29 is 4.79 Å². The number of thiophene rings is 1. The maximum Gasteiger partial charge on any atom is 0.265 e. The number of alkyl halides is 1. The topological polar surface area (TPSA) is 29.1 Å². The third kappa shape index (κ3) is 2.92. The van der Waals surface area contributed by atoms with E-state index in [1.165, 1.54) is 16.2 Å². The minimum Gasteiger partial charge on any atom is -0.321 e. The maximum absolute atomic E-state index is 12.1. The molecule has 0 spiro atoms. The van der Waals surface area contributed by atoms with E-state index in [1.54, 1.807) is 0 Å². The molecule has 0 bridgehead atoms. The van der Waals surface area contributed by atoms with Gasteiger partial charge in [-0.15, -0.1) is 22.9 Å². The Bertz CT molecular complexity index is 550. The molecule has 1 aromatic heterocycles. The van der Waals surface area contributed by atoms with Gasteiger partial charge in [0.2, 0.25) is 0 Å². The average molecular weight is 280 g/mol.